The molecule has 0 saturated heterocycles. The molecule has 0 bridgehead atoms. The zero-order valence-corrected chi connectivity index (χ0v) is 9.77. The van der Waals surface area contributed by atoms with E-state index in [2.05, 4.69) is 4.98 Å². The number of nitrogens with zero attached hydrogens (tertiary/aromatic N) is 2. The van der Waals surface area contributed by atoms with Crippen LogP contribution in [0, 0.1) is 6.92 Å². The largest absolute Gasteiger partial charge is 0.423 e. The van der Waals surface area contributed by atoms with Crippen LogP contribution in [0.15, 0.2) is 26.3 Å². The van der Waals surface area contributed by atoms with Gasteiger partial charge in [0.1, 0.15) is 5.39 Å². The lowest BCUT2D eigenvalue weighted by atomic mass is 10.2. The highest BCUT2D eigenvalue weighted by atomic mass is 16.4. The molecule has 0 fully saturated rings. The minimum atomic E-state index is -0.696. The molecule has 0 N–H and O–H groups in total. The van der Waals surface area contributed by atoms with Crippen LogP contribution in [0.4, 0.5) is 0 Å². The van der Waals surface area contributed by atoms with E-state index >= 15 is 0 Å². The third-order valence-corrected chi connectivity index (χ3v) is 1.98. The van der Waals surface area contributed by atoms with Crippen LogP contribution in [-0.2, 0) is 7.05 Å². The molecule has 0 radical (unpaired) electrons. The number of hydrogen-bond donors (Lipinski definition) is 0. The van der Waals surface area contributed by atoms with Gasteiger partial charge in [0.2, 0.25) is 5.71 Å². The van der Waals surface area contributed by atoms with Crippen molar-refractivity contribution in [2.24, 2.45) is 7.05 Å². The number of fused-ring (bicyclic) bond motifs is 1. The summed E-state index contributed by atoms with van der Waals surface area (Å²) in [5.41, 5.74) is 0.555. The van der Waals surface area contributed by atoms with E-state index in [1.807, 2.05) is 20.8 Å². The quantitative estimate of drug-likeness (QED) is 0.672. The first-order chi connectivity index (χ1) is 7.59. The molecule has 16 heavy (non-hydrogen) atoms. The third kappa shape index (κ3) is 2.03. The minimum absolute atomic E-state index is 0.0868. The first-order valence-electron chi connectivity index (χ1n) is 5.06. The van der Waals surface area contributed by atoms with E-state index in [9.17, 15) is 9.59 Å². The average Bonchev–Trinajstić information content (AvgIpc) is 2.30. The second kappa shape index (κ2) is 4.74. The van der Waals surface area contributed by atoms with Gasteiger partial charge in [-0.2, -0.15) is 0 Å². The lowest BCUT2D eigenvalue weighted by molar-refractivity contribution is 0.476. The van der Waals surface area contributed by atoms with Gasteiger partial charge in [0.05, 0.1) is 0 Å². The van der Waals surface area contributed by atoms with Crippen molar-refractivity contribution in [3.05, 3.63) is 38.7 Å². The molecule has 2 heterocycles. The van der Waals surface area contributed by atoms with Crippen LogP contribution >= 0.6 is 0 Å². The molecule has 0 aliphatic carbocycles. The SMILES string of the molecule is CC.Cc1cnc2oc(=O)n(C)c(=O)c2c1. The second-order valence-electron chi connectivity index (χ2n) is 3.10. The van der Waals surface area contributed by atoms with Gasteiger partial charge < -0.3 is 4.42 Å². The van der Waals surface area contributed by atoms with Crippen molar-refractivity contribution in [1.29, 1.82) is 0 Å². The highest BCUT2D eigenvalue weighted by Gasteiger charge is 2.06. The van der Waals surface area contributed by atoms with E-state index in [4.69, 9.17) is 4.42 Å². The Morgan fingerprint density at radius 3 is 2.56 bits per heavy atom. The maximum absolute atomic E-state index is 11.6. The van der Waals surface area contributed by atoms with E-state index in [0.717, 1.165) is 10.1 Å². The highest BCUT2D eigenvalue weighted by molar-refractivity contribution is 5.71. The molecule has 0 unspecified atom stereocenters. The predicted octanol–water partition coefficient (Wildman–Crippen LogP) is 1.22. The van der Waals surface area contributed by atoms with Gasteiger partial charge in [-0.15, -0.1) is 0 Å². The standard InChI is InChI=1S/C9H8N2O3.C2H6/c1-5-3-6-7(10-4-5)14-9(13)11(2)8(6)12;1-2/h3-4H,1-2H3;1-2H3. The van der Waals surface area contributed by atoms with Gasteiger partial charge in [0.15, 0.2) is 0 Å². The van der Waals surface area contributed by atoms with Crippen molar-refractivity contribution in [1.82, 2.24) is 9.55 Å². The number of rotatable bonds is 0. The van der Waals surface area contributed by atoms with Crippen molar-refractivity contribution in [3.63, 3.8) is 0 Å². The van der Waals surface area contributed by atoms with Gasteiger partial charge in [-0.25, -0.2) is 14.3 Å². The van der Waals surface area contributed by atoms with E-state index in [1.165, 1.54) is 7.05 Å². The molecule has 5 heteroatoms. The highest BCUT2D eigenvalue weighted by Crippen LogP contribution is 2.05. The Kier molecular flexibility index (Phi) is 3.60. The van der Waals surface area contributed by atoms with E-state index in [0.29, 0.717) is 5.39 Å². The Hall–Kier alpha value is -1.91. The number of hydrogen-bond acceptors (Lipinski definition) is 4. The summed E-state index contributed by atoms with van der Waals surface area (Å²) in [6, 6.07) is 1.65. The van der Waals surface area contributed by atoms with E-state index < -0.39 is 5.76 Å². The molecule has 0 atom stereocenters. The molecule has 0 aliphatic heterocycles. The second-order valence-corrected chi connectivity index (χ2v) is 3.10. The summed E-state index contributed by atoms with van der Waals surface area (Å²) in [5.74, 6) is -0.696. The maximum atomic E-state index is 11.6. The monoisotopic (exact) mass is 222 g/mol. The third-order valence-electron chi connectivity index (χ3n) is 1.98. The molecule has 2 aromatic rings. The lowest BCUT2D eigenvalue weighted by Crippen LogP contribution is -2.29. The Labute approximate surface area is 92.4 Å². The average molecular weight is 222 g/mol. The van der Waals surface area contributed by atoms with Crippen LogP contribution in [0.25, 0.3) is 11.1 Å². The lowest BCUT2D eigenvalue weighted by Gasteiger charge is -1.98. The van der Waals surface area contributed by atoms with Gasteiger partial charge in [-0.05, 0) is 18.6 Å². The Bertz CT molecular complexity index is 611. The summed E-state index contributed by atoms with van der Waals surface area (Å²) in [5, 5.41) is 0.326. The summed E-state index contributed by atoms with van der Waals surface area (Å²) < 4.78 is 5.74. The first-order valence-corrected chi connectivity index (χ1v) is 5.06. The van der Waals surface area contributed by atoms with Crippen molar-refractivity contribution in [2.45, 2.75) is 20.8 Å². The maximum Gasteiger partial charge on any atom is 0.423 e. The molecule has 0 spiro atoms. The molecule has 0 saturated carbocycles. The Morgan fingerprint density at radius 2 is 1.94 bits per heavy atom. The van der Waals surface area contributed by atoms with Crippen molar-refractivity contribution < 1.29 is 4.42 Å². The molecule has 5 nitrogen and oxygen atoms in total. The fraction of sp³-hybridized carbons (Fsp3) is 0.364. The first kappa shape index (κ1) is 12.2. The van der Waals surface area contributed by atoms with Crippen molar-refractivity contribution in [2.75, 3.05) is 0 Å². The number of pyridine rings is 1. The Morgan fingerprint density at radius 1 is 1.31 bits per heavy atom. The zero-order valence-electron chi connectivity index (χ0n) is 9.77. The molecule has 2 aromatic heterocycles. The zero-order chi connectivity index (χ0) is 12.3. The van der Waals surface area contributed by atoms with Crippen LogP contribution in [0.2, 0.25) is 0 Å². The van der Waals surface area contributed by atoms with Crippen molar-refractivity contribution in [3.8, 4) is 0 Å². The summed E-state index contributed by atoms with van der Waals surface area (Å²) >= 11 is 0. The fourth-order valence-corrected chi connectivity index (χ4v) is 1.21. The van der Waals surface area contributed by atoms with E-state index in [-0.39, 0.29) is 11.3 Å². The van der Waals surface area contributed by atoms with Crippen LogP contribution in [-0.4, -0.2) is 9.55 Å². The topological polar surface area (TPSA) is 65.1 Å². The normalized spacial score (nSPS) is 9.75. The minimum Gasteiger partial charge on any atom is -0.390 e. The summed E-state index contributed by atoms with van der Waals surface area (Å²) in [6.45, 7) is 5.82. The van der Waals surface area contributed by atoms with Gasteiger partial charge in [0, 0.05) is 13.2 Å². The van der Waals surface area contributed by atoms with Crippen LogP contribution < -0.4 is 11.3 Å². The summed E-state index contributed by atoms with van der Waals surface area (Å²) in [7, 11) is 1.37. The summed E-state index contributed by atoms with van der Waals surface area (Å²) in [4.78, 5) is 26.5. The van der Waals surface area contributed by atoms with Crippen LogP contribution in [0.5, 0.6) is 0 Å². The fourth-order valence-electron chi connectivity index (χ4n) is 1.21. The van der Waals surface area contributed by atoms with Crippen LogP contribution in [0.1, 0.15) is 19.4 Å². The molecule has 86 valence electrons. The molecule has 0 aliphatic rings. The van der Waals surface area contributed by atoms with Gasteiger partial charge in [-0.3, -0.25) is 4.79 Å². The molecule has 0 amide bonds. The molecule has 2 rings (SSSR count). The number of aryl methyl sites for hydroxylation is 1. The smallest absolute Gasteiger partial charge is 0.390 e. The van der Waals surface area contributed by atoms with E-state index in [1.54, 1.807) is 12.3 Å². The summed E-state index contributed by atoms with van der Waals surface area (Å²) in [6.07, 6.45) is 1.55. The number of aromatic nitrogens is 2. The predicted molar refractivity (Wildman–Crippen MR) is 61.6 cm³/mol. The molecule has 0 aromatic carbocycles. The van der Waals surface area contributed by atoms with Gasteiger partial charge >= 0.3 is 5.76 Å². The molecular formula is C11H14N2O3. The van der Waals surface area contributed by atoms with Gasteiger partial charge in [0.25, 0.3) is 5.56 Å². The Balaban J connectivity index is 0.000000606. The van der Waals surface area contributed by atoms with Crippen molar-refractivity contribution >= 4 is 11.1 Å². The molecular weight excluding hydrogens is 208 g/mol. The van der Waals surface area contributed by atoms with Gasteiger partial charge in [-0.1, -0.05) is 13.8 Å². The van der Waals surface area contributed by atoms with Crippen LogP contribution in [0.3, 0.4) is 0 Å².